The Balaban J connectivity index is 1.88. The van der Waals surface area contributed by atoms with Crippen molar-refractivity contribution in [1.29, 1.82) is 0 Å². The topological polar surface area (TPSA) is 62.5 Å². The molecule has 0 amide bonds. The Kier molecular flexibility index (Phi) is 3.55. The summed E-state index contributed by atoms with van der Waals surface area (Å²) in [4.78, 5) is 8.88. The van der Waals surface area contributed by atoms with Gasteiger partial charge in [0.2, 0.25) is 5.78 Å². The van der Waals surface area contributed by atoms with Gasteiger partial charge in [0, 0.05) is 28.7 Å². The van der Waals surface area contributed by atoms with Gasteiger partial charge in [-0.05, 0) is 42.5 Å². The summed E-state index contributed by atoms with van der Waals surface area (Å²) in [5.74, 6) is 1.54. The summed E-state index contributed by atoms with van der Waals surface area (Å²) in [6.45, 7) is 0. The molecule has 0 saturated heterocycles. The number of phenols is 1. The second kappa shape index (κ2) is 5.86. The van der Waals surface area contributed by atoms with Gasteiger partial charge < -0.3 is 10.4 Å². The normalized spacial score (nSPS) is 10.9. The van der Waals surface area contributed by atoms with E-state index in [9.17, 15) is 5.11 Å². The monoisotopic (exact) mass is 336 g/mol. The van der Waals surface area contributed by atoms with Gasteiger partial charge in [-0.1, -0.05) is 23.7 Å². The van der Waals surface area contributed by atoms with E-state index in [-0.39, 0.29) is 5.75 Å². The van der Waals surface area contributed by atoms with Crippen molar-refractivity contribution in [2.24, 2.45) is 0 Å². The summed E-state index contributed by atoms with van der Waals surface area (Å²) < 4.78 is 1.87. The highest BCUT2D eigenvalue weighted by Crippen LogP contribution is 2.32. The van der Waals surface area contributed by atoms with Crippen LogP contribution in [0, 0.1) is 0 Å². The van der Waals surface area contributed by atoms with E-state index in [1.165, 1.54) is 0 Å². The van der Waals surface area contributed by atoms with Crippen LogP contribution in [0.4, 0.5) is 11.5 Å². The number of nitrogens with zero attached hydrogens (tertiary/aromatic N) is 3. The van der Waals surface area contributed by atoms with Gasteiger partial charge in [0.15, 0.2) is 0 Å². The molecule has 4 rings (SSSR count). The molecule has 2 aromatic heterocycles. The number of benzene rings is 2. The van der Waals surface area contributed by atoms with E-state index in [1.54, 1.807) is 24.4 Å². The Bertz CT molecular complexity index is 1010. The molecule has 0 aliphatic carbocycles. The number of hydrogen-bond acceptors (Lipinski definition) is 4. The number of aromatic nitrogens is 3. The van der Waals surface area contributed by atoms with Crippen LogP contribution in [0.15, 0.2) is 67.0 Å². The van der Waals surface area contributed by atoms with E-state index < -0.39 is 0 Å². The lowest BCUT2D eigenvalue weighted by molar-refractivity contribution is 0.475. The fourth-order valence-electron chi connectivity index (χ4n) is 2.53. The van der Waals surface area contributed by atoms with Gasteiger partial charge in [-0.2, -0.15) is 0 Å². The highest BCUT2D eigenvalue weighted by Gasteiger charge is 2.15. The van der Waals surface area contributed by atoms with Gasteiger partial charge in [-0.25, -0.2) is 9.97 Å². The zero-order chi connectivity index (χ0) is 16.5. The van der Waals surface area contributed by atoms with Crippen molar-refractivity contribution in [3.05, 3.63) is 72.0 Å². The summed E-state index contributed by atoms with van der Waals surface area (Å²) in [5.41, 5.74) is 2.39. The molecule has 0 fully saturated rings. The number of halogens is 1. The Morgan fingerprint density at radius 3 is 2.67 bits per heavy atom. The number of aromatic hydroxyl groups is 1. The molecule has 0 saturated carbocycles. The summed E-state index contributed by atoms with van der Waals surface area (Å²) in [6, 6.07) is 16.3. The molecular formula is C18H13ClN4O. The SMILES string of the molecule is Oc1cccc(-c2nc3ncccn3c2Nc2ccc(Cl)cc2)c1. The van der Waals surface area contributed by atoms with Crippen LogP contribution in [0.2, 0.25) is 5.02 Å². The highest BCUT2D eigenvalue weighted by molar-refractivity contribution is 6.30. The van der Waals surface area contributed by atoms with Crippen molar-refractivity contribution in [3.63, 3.8) is 0 Å². The Morgan fingerprint density at radius 2 is 1.88 bits per heavy atom. The van der Waals surface area contributed by atoms with E-state index in [0.29, 0.717) is 16.5 Å². The third kappa shape index (κ3) is 2.66. The number of anilines is 2. The third-order valence-corrected chi connectivity index (χ3v) is 3.88. The van der Waals surface area contributed by atoms with E-state index in [4.69, 9.17) is 11.6 Å². The first-order valence-corrected chi connectivity index (χ1v) is 7.73. The smallest absolute Gasteiger partial charge is 0.235 e. The maximum atomic E-state index is 9.78. The fourth-order valence-corrected chi connectivity index (χ4v) is 2.66. The molecule has 0 unspecified atom stereocenters. The molecule has 0 aliphatic rings. The lowest BCUT2D eigenvalue weighted by atomic mass is 10.1. The second-order valence-electron chi connectivity index (χ2n) is 5.28. The quantitative estimate of drug-likeness (QED) is 0.578. The molecular weight excluding hydrogens is 324 g/mol. The number of fused-ring (bicyclic) bond motifs is 1. The van der Waals surface area contributed by atoms with Crippen LogP contribution >= 0.6 is 11.6 Å². The minimum atomic E-state index is 0.190. The highest BCUT2D eigenvalue weighted by atomic mass is 35.5. The van der Waals surface area contributed by atoms with Crippen LogP contribution in [-0.2, 0) is 0 Å². The average Bonchev–Trinajstić information content (AvgIpc) is 2.96. The van der Waals surface area contributed by atoms with E-state index in [1.807, 2.05) is 47.0 Å². The van der Waals surface area contributed by atoms with Gasteiger partial charge in [-0.15, -0.1) is 0 Å². The van der Waals surface area contributed by atoms with Crippen molar-refractivity contribution in [2.75, 3.05) is 5.32 Å². The predicted molar refractivity (Wildman–Crippen MR) is 94.8 cm³/mol. The molecule has 0 bridgehead atoms. The molecule has 0 aliphatic heterocycles. The molecule has 0 spiro atoms. The van der Waals surface area contributed by atoms with Gasteiger partial charge in [-0.3, -0.25) is 4.40 Å². The van der Waals surface area contributed by atoms with Crippen LogP contribution < -0.4 is 5.32 Å². The zero-order valence-corrected chi connectivity index (χ0v) is 13.3. The van der Waals surface area contributed by atoms with Crippen LogP contribution in [0.5, 0.6) is 5.75 Å². The maximum absolute atomic E-state index is 9.78. The Labute approximate surface area is 143 Å². The van der Waals surface area contributed by atoms with Crippen LogP contribution in [-0.4, -0.2) is 19.5 Å². The van der Waals surface area contributed by atoms with Gasteiger partial charge >= 0.3 is 0 Å². The predicted octanol–water partition coefficient (Wildman–Crippen LogP) is 4.50. The molecule has 2 N–H and O–H groups in total. The molecule has 0 atom stereocenters. The lowest BCUT2D eigenvalue weighted by Gasteiger charge is -2.09. The molecule has 24 heavy (non-hydrogen) atoms. The van der Waals surface area contributed by atoms with E-state index in [2.05, 4.69) is 15.3 Å². The minimum absolute atomic E-state index is 0.190. The van der Waals surface area contributed by atoms with Gasteiger partial charge in [0.05, 0.1) is 0 Å². The molecule has 0 radical (unpaired) electrons. The molecule has 5 nitrogen and oxygen atoms in total. The van der Waals surface area contributed by atoms with Crippen molar-refractivity contribution >= 4 is 28.9 Å². The van der Waals surface area contributed by atoms with E-state index in [0.717, 1.165) is 17.1 Å². The third-order valence-electron chi connectivity index (χ3n) is 3.63. The van der Waals surface area contributed by atoms with E-state index >= 15 is 0 Å². The van der Waals surface area contributed by atoms with Gasteiger partial charge in [0.25, 0.3) is 0 Å². The standard InChI is InChI=1S/C18H13ClN4O/c19-13-5-7-14(8-6-13)21-17-16(12-3-1-4-15(24)11-12)22-18-20-9-2-10-23(17)18/h1-11,21,24H. The zero-order valence-electron chi connectivity index (χ0n) is 12.5. The summed E-state index contributed by atoms with van der Waals surface area (Å²) in [5, 5.41) is 13.8. The van der Waals surface area contributed by atoms with Crippen molar-refractivity contribution in [3.8, 4) is 17.0 Å². The number of nitrogens with one attached hydrogen (secondary N) is 1. The largest absolute Gasteiger partial charge is 0.508 e. The molecule has 2 aromatic carbocycles. The minimum Gasteiger partial charge on any atom is -0.508 e. The number of imidazole rings is 1. The summed E-state index contributed by atoms with van der Waals surface area (Å²) in [6.07, 6.45) is 3.58. The molecule has 118 valence electrons. The lowest BCUT2D eigenvalue weighted by Crippen LogP contribution is -1.97. The first kappa shape index (κ1) is 14.5. The first-order valence-electron chi connectivity index (χ1n) is 7.36. The average molecular weight is 337 g/mol. The van der Waals surface area contributed by atoms with Crippen molar-refractivity contribution < 1.29 is 5.11 Å². The van der Waals surface area contributed by atoms with Gasteiger partial charge in [0.1, 0.15) is 17.3 Å². The molecule has 6 heteroatoms. The number of rotatable bonds is 3. The first-order chi connectivity index (χ1) is 11.7. The molecule has 2 heterocycles. The van der Waals surface area contributed by atoms with Crippen LogP contribution in [0.3, 0.4) is 0 Å². The molecule has 4 aromatic rings. The van der Waals surface area contributed by atoms with Crippen LogP contribution in [0.25, 0.3) is 17.0 Å². The van der Waals surface area contributed by atoms with Crippen molar-refractivity contribution in [2.45, 2.75) is 0 Å². The summed E-state index contributed by atoms with van der Waals surface area (Å²) in [7, 11) is 0. The van der Waals surface area contributed by atoms with Crippen molar-refractivity contribution in [1.82, 2.24) is 14.4 Å². The number of phenolic OH excluding ortho intramolecular Hbond substituents is 1. The Hall–Kier alpha value is -3.05. The Morgan fingerprint density at radius 1 is 1.04 bits per heavy atom. The summed E-state index contributed by atoms with van der Waals surface area (Å²) >= 11 is 5.95. The second-order valence-corrected chi connectivity index (χ2v) is 5.72. The fraction of sp³-hybridized carbons (Fsp3) is 0. The maximum Gasteiger partial charge on any atom is 0.235 e. The van der Waals surface area contributed by atoms with Crippen LogP contribution in [0.1, 0.15) is 0 Å². The number of hydrogen-bond donors (Lipinski definition) is 2.